The Balaban J connectivity index is 1.58. The number of methoxy groups -OCH3 is 1. The van der Waals surface area contributed by atoms with Crippen LogP contribution in [0.1, 0.15) is 6.42 Å². The molecule has 1 amide bonds. The molecule has 1 aromatic carbocycles. The zero-order valence-corrected chi connectivity index (χ0v) is 15.4. The number of H-pyrrole nitrogens is 1. The lowest BCUT2D eigenvalue weighted by atomic mass is 10.0. The van der Waals surface area contributed by atoms with Crippen molar-refractivity contribution < 1.29 is 18.3 Å². The molecule has 1 saturated carbocycles. The molecule has 0 bridgehead atoms. The molecule has 3 aromatic heterocycles. The van der Waals surface area contributed by atoms with Gasteiger partial charge in [-0.3, -0.25) is 4.79 Å². The normalized spacial score (nSPS) is 18.5. The summed E-state index contributed by atoms with van der Waals surface area (Å²) in [5.41, 5.74) is 3.52. The van der Waals surface area contributed by atoms with Crippen LogP contribution < -0.4 is 10.1 Å². The SMILES string of the molecule is COc1cc2ncsc2c(F)c1-c1c[nH]c2nc(NC(=O)[C@@H]3C[C@@H]3F)ccc12. The second kappa shape index (κ2) is 6.23. The summed E-state index contributed by atoms with van der Waals surface area (Å²) in [5, 5.41) is 3.29. The first-order chi connectivity index (χ1) is 13.6. The Bertz CT molecular complexity index is 1240. The van der Waals surface area contributed by atoms with Gasteiger partial charge in [0.15, 0.2) is 5.82 Å². The fourth-order valence-corrected chi connectivity index (χ4v) is 4.00. The Kier molecular flexibility index (Phi) is 3.80. The number of aromatic amines is 1. The lowest BCUT2D eigenvalue weighted by Gasteiger charge is -2.10. The first kappa shape index (κ1) is 17.1. The molecule has 5 rings (SSSR count). The highest BCUT2D eigenvalue weighted by Crippen LogP contribution is 2.41. The number of hydrogen-bond donors (Lipinski definition) is 2. The van der Waals surface area contributed by atoms with E-state index in [1.807, 2.05) is 0 Å². The van der Waals surface area contributed by atoms with E-state index < -0.39 is 17.9 Å². The minimum absolute atomic E-state index is 0.250. The molecule has 0 saturated heterocycles. The summed E-state index contributed by atoms with van der Waals surface area (Å²) in [6, 6.07) is 5.05. The van der Waals surface area contributed by atoms with Crippen LogP contribution in [0.4, 0.5) is 14.6 Å². The second-order valence-corrected chi connectivity index (χ2v) is 7.47. The number of amides is 1. The largest absolute Gasteiger partial charge is 0.496 e. The summed E-state index contributed by atoms with van der Waals surface area (Å²) in [6.07, 6.45) is 0.827. The molecule has 9 heteroatoms. The molecule has 1 aliphatic carbocycles. The number of halogens is 2. The van der Waals surface area contributed by atoms with Gasteiger partial charge < -0.3 is 15.0 Å². The van der Waals surface area contributed by atoms with Crippen LogP contribution in [0.5, 0.6) is 5.75 Å². The van der Waals surface area contributed by atoms with Crippen LogP contribution >= 0.6 is 11.3 Å². The number of nitrogens with one attached hydrogen (secondary N) is 2. The third kappa shape index (κ3) is 2.62. The first-order valence-corrected chi connectivity index (χ1v) is 9.48. The van der Waals surface area contributed by atoms with Gasteiger partial charge in [0, 0.05) is 23.2 Å². The highest BCUT2D eigenvalue weighted by molar-refractivity contribution is 7.16. The van der Waals surface area contributed by atoms with E-state index >= 15 is 4.39 Å². The van der Waals surface area contributed by atoms with Gasteiger partial charge in [0.05, 0.1) is 34.3 Å². The molecule has 0 unspecified atom stereocenters. The van der Waals surface area contributed by atoms with Gasteiger partial charge in [0.25, 0.3) is 0 Å². The van der Waals surface area contributed by atoms with E-state index in [2.05, 4.69) is 20.3 Å². The number of ether oxygens (including phenoxy) is 1. The van der Waals surface area contributed by atoms with E-state index in [4.69, 9.17) is 4.74 Å². The zero-order chi connectivity index (χ0) is 19.4. The van der Waals surface area contributed by atoms with E-state index in [1.54, 1.807) is 29.9 Å². The molecule has 2 N–H and O–H groups in total. The number of alkyl halides is 1. The van der Waals surface area contributed by atoms with Gasteiger partial charge in [0.1, 0.15) is 23.4 Å². The smallest absolute Gasteiger partial charge is 0.231 e. The molecule has 0 aliphatic heterocycles. The Hall–Kier alpha value is -3.07. The Morgan fingerprint density at radius 1 is 1.43 bits per heavy atom. The van der Waals surface area contributed by atoms with E-state index in [9.17, 15) is 9.18 Å². The van der Waals surface area contributed by atoms with Gasteiger partial charge in [-0.1, -0.05) is 0 Å². The summed E-state index contributed by atoms with van der Waals surface area (Å²) >= 11 is 1.22. The predicted molar refractivity (Wildman–Crippen MR) is 103 cm³/mol. The molecule has 142 valence electrons. The van der Waals surface area contributed by atoms with Crippen LogP contribution in [0.3, 0.4) is 0 Å². The third-order valence-corrected chi connectivity index (χ3v) is 5.69. The summed E-state index contributed by atoms with van der Waals surface area (Å²) in [7, 11) is 1.48. The number of nitrogens with zero attached hydrogens (tertiary/aromatic N) is 2. The minimum Gasteiger partial charge on any atom is -0.496 e. The number of aromatic nitrogens is 3. The first-order valence-electron chi connectivity index (χ1n) is 8.60. The molecular formula is C19H14F2N4O2S. The highest BCUT2D eigenvalue weighted by Gasteiger charge is 2.43. The zero-order valence-electron chi connectivity index (χ0n) is 14.6. The maximum atomic E-state index is 15.2. The maximum absolute atomic E-state index is 15.2. The summed E-state index contributed by atoms with van der Waals surface area (Å²) in [5.74, 6) is -0.694. The van der Waals surface area contributed by atoms with Crippen molar-refractivity contribution in [2.45, 2.75) is 12.6 Å². The van der Waals surface area contributed by atoms with Gasteiger partial charge in [0.2, 0.25) is 5.91 Å². The van der Waals surface area contributed by atoms with Crippen molar-refractivity contribution in [3.05, 3.63) is 35.7 Å². The number of benzene rings is 1. The predicted octanol–water partition coefficient (Wildman–Crippen LogP) is 4.28. The molecular weight excluding hydrogens is 386 g/mol. The van der Waals surface area contributed by atoms with Crippen LogP contribution in [-0.2, 0) is 4.79 Å². The van der Waals surface area contributed by atoms with Crippen molar-refractivity contribution in [2.75, 3.05) is 12.4 Å². The van der Waals surface area contributed by atoms with Gasteiger partial charge in [-0.15, -0.1) is 11.3 Å². The molecule has 2 atom stereocenters. The Morgan fingerprint density at radius 3 is 3.00 bits per heavy atom. The molecule has 0 spiro atoms. The van der Waals surface area contributed by atoms with Gasteiger partial charge in [-0.05, 0) is 18.6 Å². The quantitative estimate of drug-likeness (QED) is 0.536. The van der Waals surface area contributed by atoms with Crippen LogP contribution in [0.15, 0.2) is 29.9 Å². The second-order valence-electron chi connectivity index (χ2n) is 6.61. The van der Waals surface area contributed by atoms with Gasteiger partial charge in [-0.2, -0.15) is 0 Å². The minimum atomic E-state index is -1.07. The molecule has 4 aromatic rings. The van der Waals surface area contributed by atoms with Crippen molar-refractivity contribution in [1.82, 2.24) is 15.0 Å². The van der Waals surface area contributed by atoms with E-state index in [0.29, 0.717) is 43.9 Å². The molecule has 1 fully saturated rings. The van der Waals surface area contributed by atoms with Crippen molar-refractivity contribution in [3.8, 4) is 16.9 Å². The molecule has 3 heterocycles. The van der Waals surface area contributed by atoms with Crippen LogP contribution in [0, 0.1) is 11.7 Å². The summed E-state index contributed by atoms with van der Waals surface area (Å²) in [6.45, 7) is 0. The topological polar surface area (TPSA) is 79.9 Å². The summed E-state index contributed by atoms with van der Waals surface area (Å²) in [4.78, 5) is 23.4. The number of pyridine rings is 1. The van der Waals surface area contributed by atoms with Crippen molar-refractivity contribution in [1.29, 1.82) is 0 Å². The number of rotatable bonds is 4. The van der Waals surface area contributed by atoms with E-state index in [-0.39, 0.29) is 12.3 Å². The third-order valence-electron chi connectivity index (χ3n) is 4.86. The van der Waals surface area contributed by atoms with E-state index in [1.165, 1.54) is 18.4 Å². The Morgan fingerprint density at radius 2 is 2.25 bits per heavy atom. The monoisotopic (exact) mass is 400 g/mol. The van der Waals surface area contributed by atoms with E-state index in [0.717, 1.165) is 0 Å². The average Bonchev–Trinajstić information content (AvgIpc) is 3.07. The highest BCUT2D eigenvalue weighted by atomic mass is 32.1. The van der Waals surface area contributed by atoms with Crippen molar-refractivity contribution in [3.63, 3.8) is 0 Å². The van der Waals surface area contributed by atoms with Crippen molar-refractivity contribution >= 4 is 44.3 Å². The van der Waals surface area contributed by atoms with Crippen LogP contribution in [0.2, 0.25) is 0 Å². The lowest BCUT2D eigenvalue weighted by molar-refractivity contribution is -0.117. The van der Waals surface area contributed by atoms with Gasteiger partial charge >= 0.3 is 0 Å². The lowest BCUT2D eigenvalue weighted by Crippen LogP contribution is -2.15. The number of hydrogen-bond acceptors (Lipinski definition) is 5. The van der Waals surface area contributed by atoms with Crippen LogP contribution in [-0.4, -0.2) is 34.1 Å². The van der Waals surface area contributed by atoms with Gasteiger partial charge in [-0.25, -0.2) is 18.7 Å². The summed E-state index contributed by atoms with van der Waals surface area (Å²) < 4.78 is 34.1. The number of fused-ring (bicyclic) bond motifs is 2. The number of thiazole rings is 1. The fourth-order valence-electron chi connectivity index (χ4n) is 3.29. The number of anilines is 1. The Labute approximate surface area is 161 Å². The molecule has 6 nitrogen and oxygen atoms in total. The molecule has 1 aliphatic rings. The van der Waals surface area contributed by atoms with Crippen LogP contribution in [0.25, 0.3) is 32.4 Å². The number of carbonyl (C=O) groups excluding carboxylic acids is 1. The van der Waals surface area contributed by atoms with Crippen molar-refractivity contribution in [2.24, 2.45) is 5.92 Å². The standard InChI is InChI=1S/C19H14F2N4O2S/c1-27-13-5-12-17(28-7-23-12)16(21)15(13)10-6-22-18-8(10)2-3-14(24-18)25-19(26)9-4-11(9)20/h2-3,5-7,9,11H,4H2,1H3,(H2,22,24,25,26)/t9-,11+/m1/s1. The fraction of sp³-hybridized carbons (Fsp3) is 0.211. The molecule has 28 heavy (non-hydrogen) atoms. The molecule has 0 radical (unpaired) electrons. The maximum Gasteiger partial charge on any atom is 0.231 e. The number of carbonyl (C=O) groups is 1. The average molecular weight is 400 g/mol.